The summed E-state index contributed by atoms with van der Waals surface area (Å²) in [7, 11) is 0. The quantitative estimate of drug-likeness (QED) is 0.922. The number of amides is 1. The van der Waals surface area contributed by atoms with Crippen molar-refractivity contribution in [3.05, 3.63) is 65.7 Å². The summed E-state index contributed by atoms with van der Waals surface area (Å²) in [6.07, 6.45) is 0. The van der Waals surface area contributed by atoms with E-state index in [0.717, 1.165) is 26.2 Å². The molecule has 1 fully saturated rings. The third-order valence-electron chi connectivity index (χ3n) is 4.77. The van der Waals surface area contributed by atoms with Crippen LogP contribution in [0.2, 0.25) is 0 Å². The molecule has 23 heavy (non-hydrogen) atoms. The van der Waals surface area contributed by atoms with Gasteiger partial charge in [-0.05, 0) is 17.2 Å². The van der Waals surface area contributed by atoms with E-state index in [2.05, 4.69) is 57.6 Å². The molecule has 1 N–H and O–H groups in total. The first-order valence-electron chi connectivity index (χ1n) is 8.20. The van der Waals surface area contributed by atoms with Crippen LogP contribution in [-0.4, -0.2) is 36.5 Å². The van der Waals surface area contributed by atoms with Gasteiger partial charge in [-0.1, -0.05) is 48.5 Å². The van der Waals surface area contributed by atoms with E-state index in [1.807, 2.05) is 12.1 Å². The lowest BCUT2D eigenvalue weighted by atomic mass is 10.1. The molecule has 1 atom stereocenters. The highest BCUT2D eigenvalue weighted by molar-refractivity contribution is 5.87. The molecule has 4 nitrogen and oxygen atoms in total. The van der Waals surface area contributed by atoms with Gasteiger partial charge in [0.2, 0.25) is 5.91 Å². The van der Waals surface area contributed by atoms with Crippen molar-refractivity contribution in [3.8, 4) is 0 Å². The topological polar surface area (TPSA) is 35.6 Å². The van der Waals surface area contributed by atoms with Crippen LogP contribution in [0.4, 0.5) is 5.69 Å². The predicted molar refractivity (Wildman–Crippen MR) is 91.1 cm³/mol. The highest BCUT2D eigenvalue weighted by atomic mass is 16.2. The lowest BCUT2D eigenvalue weighted by Gasteiger charge is -2.41. The Labute approximate surface area is 136 Å². The Kier molecular flexibility index (Phi) is 3.75. The molecule has 4 rings (SSSR count). The van der Waals surface area contributed by atoms with Gasteiger partial charge in [0.15, 0.2) is 0 Å². The molecule has 0 spiro atoms. The van der Waals surface area contributed by atoms with Crippen molar-refractivity contribution in [1.29, 1.82) is 0 Å². The van der Waals surface area contributed by atoms with Gasteiger partial charge in [0, 0.05) is 38.4 Å². The first kappa shape index (κ1) is 14.3. The van der Waals surface area contributed by atoms with Gasteiger partial charge in [0.25, 0.3) is 0 Å². The molecule has 2 aliphatic rings. The maximum Gasteiger partial charge on any atom is 0.244 e. The van der Waals surface area contributed by atoms with Crippen molar-refractivity contribution in [3.63, 3.8) is 0 Å². The fourth-order valence-electron chi connectivity index (χ4n) is 3.58. The molecule has 0 radical (unpaired) electrons. The van der Waals surface area contributed by atoms with Crippen LogP contribution in [0.15, 0.2) is 54.6 Å². The van der Waals surface area contributed by atoms with Gasteiger partial charge < -0.3 is 10.2 Å². The first-order chi connectivity index (χ1) is 11.3. The molecule has 0 saturated carbocycles. The van der Waals surface area contributed by atoms with E-state index in [1.165, 1.54) is 16.8 Å². The van der Waals surface area contributed by atoms with Gasteiger partial charge >= 0.3 is 0 Å². The van der Waals surface area contributed by atoms with Crippen LogP contribution in [0.5, 0.6) is 0 Å². The lowest BCUT2D eigenvalue weighted by molar-refractivity contribution is -0.123. The van der Waals surface area contributed by atoms with Crippen molar-refractivity contribution in [2.75, 3.05) is 24.5 Å². The lowest BCUT2D eigenvalue weighted by Crippen LogP contribution is -2.57. The molecule has 0 aliphatic carbocycles. The van der Waals surface area contributed by atoms with Gasteiger partial charge in [-0.3, -0.25) is 9.69 Å². The minimum Gasteiger partial charge on any atom is -0.357 e. The summed E-state index contributed by atoms with van der Waals surface area (Å²) >= 11 is 0. The van der Waals surface area contributed by atoms with Crippen molar-refractivity contribution in [1.82, 2.24) is 10.2 Å². The zero-order valence-electron chi connectivity index (χ0n) is 13.1. The third-order valence-corrected chi connectivity index (χ3v) is 4.77. The summed E-state index contributed by atoms with van der Waals surface area (Å²) in [5.41, 5.74) is 3.71. The van der Waals surface area contributed by atoms with Crippen LogP contribution >= 0.6 is 0 Å². The Hall–Kier alpha value is -2.33. The first-order valence-corrected chi connectivity index (χ1v) is 8.20. The molecular formula is C19H21N3O. The number of benzene rings is 2. The highest BCUT2D eigenvalue weighted by Gasteiger charge is 2.35. The number of fused-ring (bicyclic) bond motifs is 3. The second-order valence-electron chi connectivity index (χ2n) is 6.28. The monoisotopic (exact) mass is 307 g/mol. The fraction of sp³-hybridized carbons (Fsp3) is 0.316. The van der Waals surface area contributed by atoms with E-state index in [-0.39, 0.29) is 11.9 Å². The van der Waals surface area contributed by atoms with E-state index in [1.54, 1.807) is 0 Å². The summed E-state index contributed by atoms with van der Waals surface area (Å²) in [5, 5.41) is 3.08. The van der Waals surface area contributed by atoms with E-state index in [4.69, 9.17) is 0 Å². The third kappa shape index (κ3) is 2.82. The van der Waals surface area contributed by atoms with Crippen LogP contribution in [0, 0.1) is 0 Å². The molecule has 0 aromatic heterocycles. The van der Waals surface area contributed by atoms with Crippen LogP contribution in [-0.2, 0) is 17.9 Å². The second kappa shape index (κ2) is 6.05. The molecule has 2 aliphatic heterocycles. The molecule has 1 saturated heterocycles. The molecule has 1 amide bonds. The van der Waals surface area contributed by atoms with Crippen molar-refractivity contribution in [2.24, 2.45) is 0 Å². The van der Waals surface area contributed by atoms with Gasteiger partial charge in [-0.15, -0.1) is 0 Å². The molecule has 2 aromatic carbocycles. The summed E-state index contributed by atoms with van der Waals surface area (Å²) < 4.78 is 0. The zero-order valence-corrected chi connectivity index (χ0v) is 13.1. The maximum absolute atomic E-state index is 12.5. The number of hydrogen-bond donors (Lipinski definition) is 1. The summed E-state index contributed by atoms with van der Waals surface area (Å²) in [5.74, 6) is 0.138. The molecule has 1 unspecified atom stereocenters. The summed E-state index contributed by atoms with van der Waals surface area (Å²) in [6, 6.07) is 18.7. The van der Waals surface area contributed by atoms with Gasteiger partial charge in [-0.2, -0.15) is 0 Å². The zero-order chi connectivity index (χ0) is 15.6. The van der Waals surface area contributed by atoms with Crippen LogP contribution in [0.1, 0.15) is 11.1 Å². The Morgan fingerprint density at radius 1 is 1.00 bits per heavy atom. The molecule has 2 aromatic rings. The minimum absolute atomic E-state index is 0.101. The smallest absolute Gasteiger partial charge is 0.244 e. The average molecular weight is 307 g/mol. The van der Waals surface area contributed by atoms with Crippen molar-refractivity contribution < 1.29 is 4.79 Å². The standard InChI is InChI=1S/C19H21N3O/c23-19-18-14-21(13-15-6-2-1-3-7-15)10-11-22(18)17-9-5-4-8-16(17)12-20-19/h1-9,18H,10-14H2,(H,20,23). The Morgan fingerprint density at radius 3 is 2.65 bits per heavy atom. The van der Waals surface area contributed by atoms with Crippen molar-refractivity contribution in [2.45, 2.75) is 19.1 Å². The Balaban J connectivity index is 1.55. The molecule has 118 valence electrons. The predicted octanol–water partition coefficient (Wildman–Crippen LogP) is 2.01. The van der Waals surface area contributed by atoms with E-state index >= 15 is 0 Å². The number of piperazine rings is 1. The average Bonchev–Trinajstić information content (AvgIpc) is 2.74. The number of hydrogen-bond acceptors (Lipinski definition) is 3. The summed E-state index contributed by atoms with van der Waals surface area (Å²) in [4.78, 5) is 17.2. The Morgan fingerprint density at radius 2 is 1.78 bits per heavy atom. The Bertz CT molecular complexity index is 701. The van der Waals surface area contributed by atoms with E-state index in [9.17, 15) is 4.79 Å². The fourth-order valence-corrected chi connectivity index (χ4v) is 3.58. The maximum atomic E-state index is 12.5. The van der Waals surface area contributed by atoms with Gasteiger partial charge in [0.05, 0.1) is 0 Å². The largest absolute Gasteiger partial charge is 0.357 e. The molecular weight excluding hydrogens is 286 g/mol. The molecule has 4 heteroatoms. The number of nitrogens with one attached hydrogen (secondary N) is 1. The van der Waals surface area contributed by atoms with E-state index < -0.39 is 0 Å². The number of carbonyl (C=O) groups excluding carboxylic acids is 1. The van der Waals surface area contributed by atoms with Crippen LogP contribution in [0.25, 0.3) is 0 Å². The summed E-state index contributed by atoms with van der Waals surface area (Å²) in [6.45, 7) is 4.17. The number of para-hydroxylation sites is 1. The number of nitrogens with zero attached hydrogens (tertiary/aromatic N) is 2. The second-order valence-corrected chi connectivity index (χ2v) is 6.28. The van der Waals surface area contributed by atoms with Crippen molar-refractivity contribution >= 4 is 11.6 Å². The minimum atomic E-state index is -0.101. The number of anilines is 1. The van der Waals surface area contributed by atoms with Crippen LogP contribution in [0.3, 0.4) is 0 Å². The number of carbonyl (C=O) groups is 1. The highest BCUT2D eigenvalue weighted by Crippen LogP contribution is 2.27. The van der Waals surface area contributed by atoms with E-state index in [0.29, 0.717) is 6.54 Å². The molecule has 2 heterocycles. The van der Waals surface area contributed by atoms with Crippen LogP contribution < -0.4 is 10.2 Å². The molecule has 0 bridgehead atoms. The SMILES string of the molecule is O=C1NCc2ccccc2N2CCN(Cc3ccccc3)CC12. The van der Waals surface area contributed by atoms with Gasteiger partial charge in [-0.25, -0.2) is 0 Å². The van der Waals surface area contributed by atoms with Gasteiger partial charge in [0.1, 0.15) is 6.04 Å². The normalized spacial score (nSPS) is 21.1. The number of rotatable bonds is 2.